The fourth-order valence-electron chi connectivity index (χ4n) is 2.42. The largest absolute Gasteiger partial charge is 0.497 e. The van der Waals surface area contributed by atoms with Gasteiger partial charge in [0, 0.05) is 6.42 Å². The molecule has 8 nitrogen and oxygen atoms in total. The number of hydrogen-bond acceptors (Lipinski definition) is 6. The summed E-state index contributed by atoms with van der Waals surface area (Å²) in [5.74, 6) is -0.357. The standard InChI is InChI=1S/C18H24N2O6/c1-18(2,3)26-17(23)20-10-13(9-15(20)16(21)22)19-25-11-12-5-7-14(24-4)8-6-12/h5-8,15H,9-11H2,1-4H3,(H,21,22)/t15-/m0/s1. The average Bonchev–Trinajstić information content (AvgIpc) is 2.99. The molecule has 2 rings (SSSR count). The second-order valence-corrected chi connectivity index (χ2v) is 6.95. The van der Waals surface area contributed by atoms with Crippen LogP contribution in [0.1, 0.15) is 32.8 Å². The summed E-state index contributed by atoms with van der Waals surface area (Å²) in [5.41, 5.74) is 0.675. The van der Waals surface area contributed by atoms with Crippen LogP contribution in [0.4, 0.5) is 4.79 Å². The molecule has 0 saturated carbocycles. The Balaban J connectivity index is 1.97. The van der Waals surface area contributed by atoms with E-state index >= 15 is 0 Å². The van der Waals surface area contributed by atoms with Crippen molar-refractivity contribution in [3.05, 3.63) is 29.8 Å². The predicted octanol–water partition coefficient (Wildman–Crippen LogP) is 2.66. The number of rotatable bonds is 5. The number of nitrogens with zero attached hydrogens (tertiary/aromatic N) is 2. The summed E-state index contributed by atoms with van der Waals surface area (Å²) in [6, 6.07) is 6.31. The van der Waals surface area contributed by atoms with Crippen LogP contribution < -0.4 is 4.74 Å². The van der Waals surface area contributed by atoms with Gasteiger partial charge in [0.05, 0.1) is 19.4 Å². The van der Waals surface area contributed by atoms with Gasteiger partial charge in [-0.2, -0.15) is 0 Å². The van der Waals surface area contributed by atoms with Crippen molar-refractivity contribution in [2.24, 2.45) is 5.16 Å². The van der Waals surface area contributed by atoms with E-state index in [9.17, 15) is 14.7 Å². The summed E-state index contributed by atoms with van der Waals surface area (Å²) < 4.78 is 10.3. The SMILES string of the molecule is COc1ccc(CON=C2C[C@@H](C(=O)O)N(C(=O)OC(C)(C)C)C2)cc1. The van der Waals surface area contributed by atoms with Gasteiger partial charge in [-0.1, -0.05) is 17.3 Å². The van der Waals surface area contributed by atoms with Crippen molar-refractivity contribution in [1.29, 1.82) is 0 Å². The molecule has 1 saturated heterocycles. The lowest BCUT2D eigenvalue weighted by Gasteiger charge is -2.26. The zero-order chi connectivity index (χ0) is 19.3. The molecule has 1 aliphatic heterocycles. The molecule has 142 valence electrons. The van der Waals surface area contributed by atoms with Crippen LogP contribution in [0.15, 0.2) is 29.4 Å². The molecule has 1 aromatic rings. The Bertz CT molecular complexity index is 678. The number of carboxylic acids is 1. The van der Waals surface area contributed by atoms with E-state index < -0.39 is 23.7 Å². The average molecular weight is 364 g/mol. The number of benzene rings is 1. The molecule has 1 N–H and O–H groups in total. The molecular formula is C18H24N2O6. The summed E-state index contributed by atoms with van der Waals surface area (Å²) in [4.78, 5) is 30.1. The zero-order valence-corrected chi connectivity index (χ0v) is 15.4. The molecule has 26 heavy (non-hydrogen) atoms. The van der Waals surface area contributed by atoms with Gasteiger partial charge in [-0.25, -0.2) is 9.59 Å². The van der Waals surface area contributed by atoms with Crippen LogP contribution in [0.3, 0.4) is 0 Å². The second kappa shape index (κ2) is 8.07. The highest BCUT2D eigenvalue weighted by Crippen LogP contribution is 2.20. The summed E-state index contributed by atoms with van der Waals surface area (Å²) >= 11 is 0. The Morgan fingerprint density at radius 3 is 2.46 bits per heavy atom. The number of likely N-dealkylation sites (tertiary alicyclic amines) is 1. The number of amides is 1. The minimum atomic E-state index is -1.10. The molecular weight excluding hydrogens is 340 g/mol. The summed E-state index contributed by atoms with van der Waals surface area (Å²) in [6.45, 7) is 5.48. The smallest absolute Gasteiger partial charge is 0.411 e. The van der Waals surface area contributed by atoms with Gasteiger partial charge in [0.15, 0.2) is 0 Å². The van der Waals surface area contributed by atoms with Crippen LogP contribution in [-0.4, -0.2) is 53.1 Å². The summed E-state index contributed by atoms with van der Waals surface area (Å²) in [5, 5.41) is 13.3. The van der Waals surface area contributed by atoms with E-state index in [0.717, 1.165) is 16.2 Å². The fraction of sp³-hybridized carbons (Fsp3) is 0.500. The number of hydrogen-bond donors (Lipinski definition) is 1. The van der Waals surface area contributed by atoms with Crippen molar-refractivity contribution in [3.63, 3.8) is 0 Å². The Morgan fingerprint density at radius 2 is 1.92 bits per heavy atom. The first-order valence-electron chi connectivity index (χ1n) is 8.22. The minimum Gasteiger partial charge on any atom is -0.497 e. The third-order valence-corrected chi connectivity index (χ3v) is 3.66. The van der Waals surface area contributed by atoms with Crippen molar-refractivity contribution in [2.75, 3.05) is 13.7 Å². The lowest BCUT2D eigenvalue weighted by Crippen LogP contribution is -2.43. The molecule has 0 radical (unpaired) electrons. The highest BCUT2D eigenvalue weighted by Gasteiger charge is 2.40. The van der Waals surface area contributed by atoms with Crippen LogP contribution in [0.2, 0.25) is 0 Å². The molecule has 0 bridgehead atoms. The van der Waals surface area contributed by atoms with Crippen molar-refractivity contribution in [2.45, 2.75) is 45.4 Å². The van der Waals surface area contributed by atoms with Gasteiger partial charge < -0.3 is 19.4 Å². The molecule has 0 spiro atoms. The van der Waals surface area contributed by atoms with Crippen molar-refractivity contribution in [1.82, 2.24) is 4.90 Å². The highest BCUT2D eigenvalue weighted by molar-refractivity contribution is 5.98. The van der Waals surface area contributed by atoms with E-state index in [1.807, 2.05) is 24.3 Å². The molecule has 1 heterocycles. The number of methoxy groups -OCH3 is 1. The minimum absolute atomic E-state index is 0.0640. The first-order chi connectivity index (χ1) is 12.2. The van der Waals surface area contributed by atoms with E-state index in [1.165, 1.54) is 0 Å². The fourth-order valence-corrected chi connectivity index (χ4v) is 2.42. The molecule has 0 unspecified atom stereocenters. The maximum absolute atomic E-state index is 12.2. The number of ether oxygens (including phenoxy) is 2. The van der Waals surface area contributed by atoms with E-state index in [-0.39, 0.29) is 19.6 Å². The lowest BCUT2D eigenvalue weighted by molar-refractivity contribution is -0.142. The van der Waals surface area contributed by atoms with Gasteiger partial charge in [0.1, 0.15) is 24.0 Å². The van der Waals surface area contributed by atoms with Crippen LogP contribution in [0.5, 0.6) is 5.75 Å². The third kappa shape index (κ3) is 5.37. The van der Waals surface area contributed by atoms with Crippen LogP contribution in [0.25, 0.3) is 0 Å². The van der Waals surface area contributed by atoms with Gasteiger partial charge in [0.25, 0.3) is 0 Å². The molecule has 0 aliphatic carbocycles. The number of carboxylic acid groups (broad SMARTS) is 1. The van der Waals surface area contributed by atoms with Crippen molar-refractivity contribution in [3.8, 4) is 5.75 Å². The lowest BCUT2D eigenvalue weighted by atomic mass is 10.2. The van der Waals surface area contributed by atoms with Crippen molar-refractivity contribution < 1.29 is 29.0 Å². The van der Waals surface area contributed by atoms with Gasteiger partial charge in [-0.05, 0) is 38.5 Å². The number of carbonyl (C=O) groups excluding carboxylic acids is 1. The van der Waals surface area contributed by atoms with Gasteiger partial charge in [-0.3, -0.25) is 4.90 Å². The topological polar surface area (TPSA) is 97.7 Å². The van der Waals surface area contributed by atoms with Crippen LogP contribution in [-0.2, 0) is 21.0 Å². The highest BCUT2D eigenvalue weighted by atomic mass is 16.6. The number of carbonyl (C=O) groups is 2. The zero-order valence-electron chi connectivity index (χ0n) is 15.4. The molecule has 1 aromatic carbocycles. The molecule has 1 atom stereocenters. The maximum atomic E-state index is 12.2. The first-order valence-corrected chi connectivity index (χ1v) is 8.22. The Kier molecular flexibility index (Phi) is 6.07. The van der Waals surface area contributed by atoms with E-state index in [0.29, 0.717) is 5.71 Å². The van der Waals surface area contributed by atoms with E-state index in [2.05, 4.69) is 5.16 Å². The van der Waals surface area contributed by atoms with E-state index in [4.69, 9.17) is 14.3 Å². The van der Waals surface area contributed by atoms with Crippen LogP contribution >= 0.6 is 0 Å². The van der Waals surface area contributed by atoms with Gasteiger partial charge >= 0.3 is 12.1 Å². The molecule has 8 heteroatoms. The Labute approximate surface area is 152 Å². The second-order valence-electron chi connectivity index (χ2n) is 6.95. The summed E-state index contributed by atoms with van der Waals surface area (Å²) in [6.07, 6.45) is -0.567. The molecule has 1 aliphatic rings. The van der Waals surface area contributed by atoms with Gasteiger partial charge in [-0.15, -0.1) is 0 Å². The monoisotopic (exact) mass is 364 g/mol. The van der Waals surface area contributed by atoms with Gasteiger partial charge in [0.2, 0.25) is 0 Å². The number of aliphatic carboxylic acids is 1. The predicted molar refractivity (Wildman–Crippen MR) is 94.2 cm³/mol. The maximum Gasteiger partial charge on any atom is 0.411 e. The third-order valence-electron chi connectivity index (χ3n) is 3.66. The van der Waals surface area contributed by atoms with Crippen molar-refractivity contribution >= 4 is 17.8 Å². The Hall–Kier alpha value is -2.77. The molecule has 1 fully saturated rings. The summed E-state index contributed by atoms with van der Waals surface area (Å²) in [7, 11) is 1.59. The molecule has 0 aromatic heterocycles. The van der Waals surface area contributed by atoms with Crippen LogP contribution in [0, 0.1) is 0 Å². The quantitative estimate of drug-likeness (QED) is 0.807. The van der Waals surface area contributed by atoms with E-state index in [1.54, 1.807) is 27.9 Å². The molecule has 1 amide bonds. The number of oxime groups is 1. The Morgan fingerprint density at radius 1 is 1.27 bits per heavy atom. The normalized spacial score (nSPS) is 18.7. The first kappa shape index (κ1) is 19.6.